The Balaban J connectivity index is 1.90. The van der Waals surface area contributed by atoms with Gasteiger partial charge in [-0.1, -0.05) is 17.7 Å². The van der Waals surface area contributed by atoms with E-state index in [1.165, 1.54) is 25.3 Å². The second kappa shape index (κ2) is 6.73. The Kier molecular flexibility index (Phi) is 4.65. The van der Waals surface area contributed by atoms with Gasteiger partial charge < -0.3 is 9.47 Å². The van der Waals surface area contributed by atoms with Gasteiger partial charge in [0.05, 0.1) is 14.2 Å². The highest BCUT2D eigenvalue weighted by molar-refractivity contribution is 6.34. The minimum atomic E-state index is -0.871. The molecule has 3 rings (SSSR count). The first kappa shape index (κ1) is 17.2. The third kappa shape index (κ3) is 3.18. The Labute approximate surface area is 148 Å². The number of halogens is 1. The van der Waals surface area contributed by atoms with Crippen LogP contribution in [-0.2, 0) is 4.79 Å². The zero-order valence-corrected chi connectivity index (χ0v) is 14.6. The van der Waals surface area contributed by atoms with E-state index in [4.69, 9.17) is 21.1 Å². The lowest BCUT2D eigenvalue weighted by Gasteiger charge is -2.43. The number of nitrogens with one attached hydrogen (secondary N) is 2. The lowest BCUT2D eigenvalue weighted by atomic mass is 9.94. The van der Waals surface area contributed by atoms with Crippen molar-refractivity contribution in [1.29, 1.82) is 0 Å². The van der Waals surface area contributed by atoms with E-state index in [0.717, 1.165) is 0 Å². The van der Waals surface area contributed by atoms with Crippen molar-refractivity contribution in [3.05, 3.63) is 45.9 Å². The molecule has 2 heterocycles. The van der Waals surface area contributed by atoms with Crippen LogP contribution in [-0.4, -0.2) is 40.5 Å². The molecule has 0 aliphatic carbocycles. The number of ketones is 1. The standard InChI is InChI=1S/C16H17ClN4O4/c1-8-6-12(22)19-16(18-8)20-21-13(14(23)15(21)17)9-4-5-10(24-2)11(7-9)25-3/h4-7,13,15H,1-3H3,(H2,18,19,20,22)/t13-,15+/m0/s1. The number of carbonyl (C=O) groups excluding carboxylic acids is 1. The molecule has 0 amide bonds. The SMILES string of the molecule is COc1ccc([C@H]2C(=O)[C@H](Cl)N2Nc2nc(C)cc(=O)[nH]2)cc1OC. The first-order valence-corrected chi connectivity index (χ1v) is 7.91. The molecule has 1 saturated heterocycles. The molecule has 0 spiro atoms. The number of alkyl halides is 1. The number of carbonyl (C=O) groups is 1. The average Bonchev–Trinajstić information content (AvgIpc) is 2.59. The van der Waals surface area contributed by atoms with Gasteiger partial charge >= 0.3 is 0 Å². The molecule has 0 radical (unpaired) electrons. The molecule has 25 heavy (non-hydrogen) atoms. The second-order valence-electron chi connectivity index (χ2n) is 5.51. The molecule has 0 bridgehead atoms. The number of aromatic amines is 1. The van der Waals surface area contributed by atoms with Gasteiger partial charge in [0.2, 0.25) is 5.95 Å². The Morgan fingerprint density at radius 3 is 2.56 bits per heavy atom. The van der Waals surface area contributed by atoms with Crippen molar-refractivity contribution < 1.29 is 14.3 Å². The third-order valence-electron chi connectivity index (χ3n) is 3.85. The monoisotopic (exact) mass is 364 g/mol. The average molecular weight is 365 g/mol. The Bertz CT molecular complexity index is 869. The van der Waals surface area contributed by atoms with Crippen molar-refractivity contribution in [2.75, 3.05) is 19.6 Å². The topological polar surface area (TPSA) is 96.5 Å². The maximum absolute atomic E-state index is 12.3. The molecule has 0 unspecified atom stereocenters. The number of benzene rings is 1. The molecular weight excluding hydrogens is 348 g/mol. The molecule has 8 nitrogen and oxygen atoms in total. The van der Waals surface area contributed by atoms with Crippen LogP contribution < -0.4 is 20.5 Å². The van der Waals surface area contributed by atoms with Gasteiger partial charge in [0.25, 0.3) is 5.56 Å². The van der Waals surface area contributed by atoms with E-state index in [9.17, 15) is 9.59 Å². The number of anilines is 1. The largest absolute Gasteiger partial charge is 0.493 e. The fourth-order valence-electron chi connectivity index (χ4n) is 2.68. The normalized spacial score (nSPS) is 20.1. The van der Waals surface area contributed by atoms with E-state index in [-0.39, 0.29) is 17.3 Å². The fourth-order valence-corrected chi connectivity index (χ4v) is 2.96. The Hall–Kier alpha value is -2.58. The van der Waals surface area contributed by atoms with Crippen LogP contribution in [0.25, 0.3) is 0 Å². The van der Waals surface area contributed by atoms with Gasteiger partial charge in [-0.15, -0.1) is 0 Å². The van der Waals surface area contributed by atoms with Crippen LogP contribution in [0.4, 0.5) is 5.95 Å². The number of hydrogen-bond acceptors (Lipinski definition) is 7. The van der Waals surface area contributed by atoms with E-state index < -0.39 is 11.5 Å². The maximum atomic E-state index is 12.3. The lowest BCUT2D eigenvalue weighted by molar-refractivity contribution is -0.137. The molecule has 2 atom stereocenters. The van der Waals surface area contributed by atoms with Crippen molar-refractivity contribution in [3.63, 3.8) is 0 Å². The number of methoxy groups -OCH3 is 2. The van der Waals surface area contributed by atoms with Crippen LogP contribution in [0.2, 0.25) is 0 Å². The van der Waals surface area contributed by atoms with Crippen LogP contribution >= 0.6 is 11.6 Å². The zero-order valence-electron chi connectivity index (χ0n) is 13.9. The molecule has 132 valence electrons. The molecule has 9 heteroatoms. The van der Waals surface area contributed by atoms with Crippen molar-refractivity contribution in [2.45, 2.75) is 18.5 Å². The van der Waals surface area contributed by atoms with Gasteiger partial charge in [-0.3, -0.25) is 20.0 Å². The third-order valence-corrected chi connectivity index (χ3v) is 4.28. The summed E-state index contributed by atoms with van der Waals surface area (Å²) < 4.78 is 10.5. The highest BCUT2D eigenvalue weighted by Crippen LogP contribution is 2.40. The smallest absolute Gasteiger partial charge is 0.252 e. The summed E-state index contributed by atoms with van der Waals surface area (Å²) in [4.78, 5) is 30.6. The predicted octanol–water partition coefficient (Wildman–Crippen LogP) is 1.61. The number of ether oxygens (including phenoxy) is 2. The zero-order chi connectivity index (χ0) is 18.1. The van der Waals surface area contributed by atoms with Crippen LogP contribution in [0.15, 0.2) is 29.1 Å². The van der Waals surface area contributed by atoms with Crippen molar-refractivity contribution in [1.82, 2.24) is 15.0 Å². The quantitative estimate of drug-likeness (QED) is 0.614. The number of H-pyrrole nitrogens is 1. The van der Waals surface area contributed by atoms with Crippen molar-refractivity contribution >= 4 is 23.3 Å². The number of aromatic nitrogens is 2. The molecule has 1 aromatic heterocycles. The fraction of sp³-hybridized carbons (Fsp3) is 0.312. The summed E-state index contributed by atoms with van der Waals surface area (Å²) in [5.41, 5.74) is 2.96. The number of hydrazine groups is 1. The molecule has 2 aromatic rings. The van der Waals surface area contributed by atoms with Gasteiger partial charge in [0, 0.05) is 11.8 Å². The summed E-state index contributed by atoms with van der Waals surface area (Å²) in [6.07, 6.45) is 0. The number of nitrogens with zero attached hydrogens (tertiary/aromatic N) is 2. The number of hydrogen-bond donors (Lipinski definition) is 2. The van der Waals surface area contributed by atoms with Crippen molar-refractivity contribution in [3.8, 4) is 11.5 Å². The first-order chi connectivity index (χ1) is 11.9. The van der Waals surface area contributed by atoms with E-state index in [2.05, 4.69) is 15.4 Å². The summed E-state index contributed by atoms with van der Waals surface area (Å²) in [5.74, 6) is 1.11. The van der Waals surface area contributed by atoms with E-state index in [1.54, 1.807) is 25.1 Å². The minimum Gasteiger partial charge on any atom is -0.493 e. The van der Waals surface area contributed by atoms with Crippen molar-refractivity contribution in [2.24, 2.45) is 0 Å². The lowest BCUT2D eigenvalue weighted by Crippen LogP contribution is -2.59. The summed E-state index contributed by atoms with van der Waals surface area (Å²) in [5, 5.41) is 1.52. The van der Waals surface area contributed by atoms with Gasteiger partial charge in [0.1, 0.15) is 6.04 Å². The van der Waals surface area contributed by atoms with Crippen LogP contribution in [0.1, 0.15) is 17.3 Å². The number of rotatable bonds is 5. The van der Waals surface area contributed by atoms with Crippen LogP contribution in [0.5, 0.6) is 11.5 Å². The number of Topliss-reactive ketones (excluding diaryl/α,β-unsaturated/α-hetero) is 1. The summed E-state index contributed by atoms with van der Waals surface area (Å²) in [7, 11) is 3.06. The summed E-state index contributed by atoms with van der Waals surface area (Å²) >= 11 is 6.11. The molecule has 1 aromatic carbocycles. The molecular formula is C16H17ClN4O4. The minimum absolute atomic E-state index is 0.170. The van der Waals surface area contributed by atoms with E-state index in [1.807, 2.05) is 0 Å². The number of aryl methyl sites for hydroxylation is 1. The first-order valence-electron chi connectivity index (χ1n) is 7.47. The highest BCUT2D eigenvalue weighted by atomic mass is 35.5. The molecule has 2 N–H and O–H groups in total. The maximum Gasteiger partial charge on any atom is 0.252 e. The second-order valence-corrected chi connectivity index (χ2v) is 5.92. The Morgan fingerprint density at radius 1 is 1.20 bits per heavy atom. The summed E-state index contributed by atoms with van der Waals surface area (Å²) in [6.45, 7) is 1.70. The van der Waals surface area contributed by atoms with Gasteiger partial charge in [0.15, 0.2) is 22.8 Å². The van der Waals surface area contributed by atoms with Gasteiger partial charge in [-0.25, -0.2) is 4.98 Å². The summed E-state index contributed by atoms with van der Waals surface area (Å²) in [6, 6.07) is 5.93. The van der Waals surface area contributed by atoms with Crippen LogP contribution in [0, 0.1) is 6.92 Å². The van der Waals surface area contributed by atoms with E-state index >= 15 is 0 Å². The van der Waals surface area contributed by atoms with Gasteiger partial charge in [-0.2, -0.15) is 5.01 Å². The van der Waals surface area contributed by atoms with E-state index in [0.29, 0.717) is 22.8 Å². The predicted molar refractivity (Wildman–Crippen MR) is 92.0 cm³/mol. The highest BCUT2D eigenvalue weighted by Gasteiger charge is 2.48. The van der Waals surface area contributed by atoms with Crippen LogP contribution in [0.3, 0.4) is 0 Å². The molecule has 1 fully saturated rings. The molecule has 0 saturated carbocycles. The Morgan fingerprint density at radius 2 is 1.92 bits per heavy atom. The van der Waals surface area contributed by atoms with Gasteiger partial charge in [-0.05, 0) is 24.6 Å². The molecule has 1 aliphatic rings. The molecule has 1 aliphatic heterocycles.